The lowest BCUT2D eigenvalue weighted by Gasteiger charge is -1.95. The van der Waals surface area contributed by atoms with E-state index in [0.717, 1.165) is 0 Å². The summed E-state index contributed by atoms with van der Waals surface area (Å²) in [5.74, 6) is -0.171. The van der Waals surface area contributed by atoms with Crippen molar-refractivity contribution >= 4 is 5.95 Å². The van der Waals surface area contributed by atoms with Gasteiger partial charge in [-0.15, -0.1) is 0 Å². The predicted octanol–water partition coefficient (Wildman–Crippen LogP) is -0.318. The topological polar surface area (TPSA) is 101 Å². The van der Waals surface area contributed by atoms with E-state index >= 15 is 0 Å². The number of H-pyrrole nitrogens is 1. The van der Waals surface area contributed by atoms with Gasteiger partial charge in [0.25, 0.3) is 11.5 Å². The van der Waals surface area contributed by atoms with Gasteiger partial charge in [-0.1, -0.05) is 5.43 Å². The van der Waals surface area contributed by atoms with Crippen LogP contribution in [0.2, 0.25) is 0 Å². The predicted molar refractivity (Wildman–Crippen MR) is 40.2 cm³/mol. The fourth-order valence-electron chi connectivity index (χ4n) is 0.602. The van der Waals surface area contributed by atoms with Crippen molar-refractivity contribution in [2.24, 2.45) is 0 Å². The molecule has 0 bridgehead atoms. The standard InChI is InChI=1S/C5H6N4O3/c1-3-2-6-5(7-4(3)10)8-9(11)12/h2H,1H3,(H2,6,7,8,10). The van der Waals surface area contributed by atoms with Crippen LogP contribution in [0.4, 0.5) is 5.95 Å². The number of nitrogens with one attached hydrogen (secondary N) is 2. The molecule has 0 radical (unpaired) electrons. The number of rotatable bonds is 2. The van der Waals surface area contributed by atoms with Crippen molar-refractivity contribution in [1.29, 1.82) is 0 Å². The number of anilines is 1. The fraction of sp³-hybridized carbons (Fsp3) is 0.200. The van der Waals surface area contributed by atoms with Crippen LogP contribution < -0.4 is 11.0 Å². The van der Waals surface area contributed by atoms with Crippen LogP contribution in [0.5, 0.6) is 0 Å². The minimum Gasteiger partial charge on any atom is -0.288 e. The van der Waals surface area contributed by atoms with Gasteiger partial charge in [-0.2, -0.15) is 0 Å². The number of hydrazine groups is 1. The van der Waals surface area contributed by atoms with E-state index in [1.54, 1.807) is 12.3 Å². The number of hydrogen-bond acceptors (Lipinski definition) is 4. The van der Waals surface area contributed by atoms with Crippen LogP contribution in [0.3, 0.4) is 0 Å². The number of nitrogens with zero attached hydrogens (tertiary/aromatic N) is 2. The number of aryl methyl sites for hydroxylation is 1. The van der Waals surface area contributed by atoms with E-state index in [9.17, 15) is 14.9 Å². The maximum Gasteiger partial charge on any atom is 0.265 e. The Morgan fingerprint density at radius 1 is 1.75 bits per heavy atom. The highest BCUT2D eigenvalue weighted by atomic mass is 16.7. The molecular weight excluding hydrogens is 164 g/mol. The van der Waals surface area contributed by atoms with Gasteiger partial charge >= 0.3 is 0 Å². The van der Waals surface area contributed by atoms with Crippen LogP contribution in [0.1, 0.15) is 5.56 Å². The molecule has 0 aliphatic rings. The summed E-state index contributed by atoms with van der Waals surface area (Å²) < 4.78 is 0. The lowest BCUT2D eigenvalue weighted by Crippen LogP contribution is -2.17. The molecule has 0 aliphatic carbocycles. The SMILES string of the molecule is Cc1cnc(N[N+](=O)[O-])[nH]c1=O. The lowest BCUT2D eigenvalue weighted by atomic mass is 10.4. The second-order valence-corrected chi connectivity index (χ2v) is 2.11. The Kier molecular flexibility index (Phi) is 2.04. The summed E-state index contributed by atoms with van der Waals surface area (Å²) in [6, 6.07) is 0. The average Bonchev–Trinajstić information content (AvgIpc) is 1.96. The normalized spacial score (nSPS) is 9.42. The molecule has 1 aromatic rings. The van der Waals surface area contributed by atoms with E-state index < -0.39 is 10.6 Å². The molecular formula is C5H6N4O3. The van der Waals surface area contributed by atoms with E-state index in [1.165, 1.54) is 6.20 Å². The zero-order chi connectivity index (χ0) is 9.14. The van der Waals surface area contributed by atoms with Crippen molar-refractivity contribution in [3.63, 3.8) is 0 Å². The highest BCUT2D eigenvalue weighted by Crippen LogP contribution is 1.92. The molecule has 0 fully saturated rings. The highest BCUT2D eigenvalue weighted by Gasteiger charge is 2.01. The third kappa shape index (κ3) is 1.78. The third-order valence-electron chi connectivity index (χ3n) is 1.17. The Morgan fingerprint density at radius 2 is 2.42 bits per heavy atom. The molecule has 7 heteroatoms. The molecule has 1 rings (SSSR count). The Balaban J connectivity index is 2.97. The summed E-state index contributed by atoms with van der Waals surface area (Å²) in [6.07, 6.45) is 1.25. The van der Waals surface area contributed by atoms with Crippen LogP contribution in [0.15, 0.2) is 11.0 Å². The van der Waals surface area contributed by atoms with E-state index in [4.69, 9.17) is 0 Å². The Bertz CT molecular complexity index is 358. The smallest absolute Gasteiger partial charge is 0.265 e. The molecule has 0 spiro atoms. The first-order chi connectivity index (χ1) is 5.59. The maximum absolute atomic E-state index is 10.9. The largest absolute Gasteiger partial charge is 0.288 e. The van der Waals surface area contributed by atoms with Gasteiger partial charge in [0.1, 0.15) is 0 Å². The molecule has 0 aliphatic heterocycles. The first-order valence-corrected chi connectivity index (χ1v) is 3.06. The lowest BCUT2D eigenvalue weighted by molar-refractivity contribution is -0.446. The third-order valence-corrected chi connectivity index (χ3v) is 1.17. The average molecular weight is 170 g/mol. The van der Waals surface area contributed by atoms with Crippen molar-refractivity contribution in [3.05, 3.63) is 32.2 Å². The molecule has 1 heterocycles. The first-order valence-electron chi connectivity index (χ1n) is 3.06. The monoisotopic (exact) mass is 170 g/mol. The van der Waals surface area contributed by atoms with E-state index in [0.29, 0.717) is 5.56 Å². The van der Waals surface area contributed by atoms with Gasteiger partial charge in [0, 0.05) is 11.8 Å². The molecule has 2 N–H and O–H groups in total. The Morgan fingerprint density at radius 3 is 2.92 bits per heavy atom. The summed E-state index contributed by atoms with van der Waals surface area (Å²) >= 11 is 0. The van der Waals surface area contributed by atoms with Gasteiger partial charge in [0.15, 0.2) is 5.03 Å². The van der Waals surface area contributed by atoms with Crippen LogP contribution >= 0.6 is 0 Å². The second-order valence-electron chi connectivity index (χ2n) is 2.11. The highest BCUT2D eigenvalue weighted by molar-refractivity contribution is 5.20. The first kappa shape index (κ1) is 8.18. The zero-order valence-corrected chi connectivity index (χ0v) is 6.20. The number of nitro groups is 1. The van der Waals surface area contributed by atoms with Crippen molar-refractivity contribution in [2.45, 2.75) is 6.92 Å². The minimum absolute atomic E-state index is 0.171. The van der Waals surface area contributed by atoms with Gasteiger partial charge in [0.2, 0.25) is 0 Å². The minimum atomic E-state index is -0.798. The van der Waals surface area contributed by atoms with E-state index in [1.807, 2.05) is 0 Å². The molecule has 0 saturated heterocycles. The molecule has 7 nitrogen and oxygen atoms in total. The molecule has 0 atom stereocenters. The fourth-order valence-corrected chi connectivity index (χ4v) is 0.602. The summed E-state index contributed by atoms with van der Waals surface area (Å²) in [5.41, 5.74) is 1.74. The van der Waals surface area contributed by atoms with Crippen LogP contribution in [0, 0.1) is 17.0 Å². The van der Waals surface area contributed by atoms with Crippen molar-refractivity contribution in [3.8, 4) is 0 Å². The van der Waals surface area contributed by atoms with Crippen LogP contribution in [-0.2, 0) is 0 Å². The number of hydrogen-bond donors (Lipinski definition) is 2. The van der Waals surface area contributed by atoms with Gasteiger partial charge in [-0.25, -0.2) is 15.1 Å². The van der Waals surface area contributed by atoms with Crippen molar-refractivity contribution < 1.29 is 5.03 Å². The molecule has 64 valence electrons. The van der Waals surface area contributed by atoms with Crippen LogP contribution in [0.25, 0.3) is 0 Å². The van der Waals surface area contributed by atoms with Crippen LogP contribution in [-0.4, -0.2) is 15.0 Å². The molecule has 0 saturated carbocycles. The van der Waals surface area contributed by atoms with E-state index in [-0.39, 0.29) is 5.95 Å². The molecule has 1 aromatic heterocycles. The molecule has 0 aromatic carbocycles. The van der Waals surface area contributed by atoms with Crippen molar-refractivity contribution in [1.82, 2.24) is 9.97 Å². The van der Waals surface area contributed by atoms with Gasteiger partial charge < -0.3 is 0 Å². The summed E-state index contributed by atoms with van der Waals surface area (Å²) in [7, 11) is 0. The second kappa shape index (κ2) is 2.99. The molecule has 0 unspecified atom stereocenters. The molecule has 0 amide bonds. The molecule has 12 heavy (non-hydrogen) atoms. The number of aromatic amines is 1. The van der Waals surface area contributed by atoms with E-state index in [2.05, 4.69) is 9.97 Å². The Labute approximate surface area is 66.6 Å². The van der Waals surface area contributed by atoms with Gasteiger partial charge in [-0.05, 0) is 6.92 Å². The number of aromatic nitrogens is 2. The van der Waals surface area contributed by atoms with Gasteiger partial charge in [-0.3, -0.25) is 9.78 Å². The maximum atomic E-state index is 10.9. The summed E-state index contributed by atoms with van der Waals surface area (Å²) in [4.78, 5) is 26.5. The zero-order valence-electron chi connectivity index (χ0n) is 6.20. The Hall–Kier alpha value is -1.92. The summed E-state index contributed by atoms with van der Waals surface area (Å²) in [6.45, 7) is 1.56. The quantitative estimate of drug-likeness (QED) is 0.468. The van der Waals surface area contributed by atoms with Gasteiger partial charge in [0.05, 0.1) is 0 Å². The summed E-state index contributed by atoms with van der Waals surface area (Å²) in [5, 5.41) is 9.10. The van der Waals surface area contributed by atoms with Crippen molar-refractivity contribution in [2.75, 3.05) is 5.43 Å².